The van der Waals surface area contributed by atoms with Crippen LogP contribution in [0, 0.1) is 0 Å². The van der Waals surface area contributed by atoms with Gasteiger partial charge >= 0.3 is 6.09 Å². The van der Waals surface area contributed by atoms with Crippen molar-refractivity contribution >= 4 is 18.0 Å². The highest BCUT2D eigenvalue weighted by Crippen LogP contribution is 2.28. The van der Waals surface area contributed by atoms with E-state index in [1.54, 1.807) is 0 Å². The standard InChI is InChI=1S/C20H37N5O3/c1-5-21-18(22-11-7-14-24-13-6-8-17(24)26)23-12-15-25(16-9-10-16)19(27)28-20(2,3)4/h16H,5-15H2,1-4H3,(H2,21,22,23). The van der Waals surface area contributed by atoms with Gasteiger partial charge in [0, 0.05) is 51.7 Å². The molecule has 0 unspecified atom stereocenters. The lowest BCUT2D eigenvalue weighted by Crippen LogP contribution is -2.45. The molecule has 160 valence electrons. The maximum Gasteiger partial charge on any atom is 0.410 e. The smallest absolute Gasteiger partial charge is 0.410 e. The first kappa shape index (κ1) is 22.3. The molecule has 1 heterocycles. The average molecular weight is 396 g/mol. The molecule has 2 rings (SSSR count). The van der Waals surface area contributed by atoms with Gasteiger partial charge in [-0.3, -0.25) is 9.79 Å². The Morgan fingerprint density at radius 1 is 1.32 bits per heavy atom. The number of ether oxygens (including phenoxy) is 1. The number of amides is 2. The van der Waals surface area contributed by atoms with Crippen LogP contribution in [-0.4, -0.2) is 78.7 Å². The molecule has 1 aliphatic carbocycles. The zero-order valence-electron chi connectivity index (χ0n) is 17.9. The molecule has 0 spiro atoms. The summed E-state index contributed by atoms with van der Waals surface area (Å²) in [5.74, 6) is 1.01. The van der Waals surface area contributed by atoms with Crippen molar-refractivity contribution < 1.29 is 14.3 Å². The van der Waals surface area contributed by atoms with Crippen LogP contribution in [0.4, 0.5) is 4.79 Å². The fourth-order valence-corrected chi connectivity index (χ4v) is 3.16. The predicted molar refractivity (Wildman–Crippen MR) is 110 cm³/mol. The Labute approximate surface area is 169 Å². The molecule has 0 aromatic heterocycles. The molecule has 0 bridgehead atoms. The lowest BCUT2D eigenvalue weighted by atomic mass is 10.2. The van der Waals surface area contributed by atoms with Crippen molar-refractivity contribution in [2.45, 2.75) is 71.4 Å². The van der Waals surface area contributed by atoms with Crippen LogP contribution in [0.2, 0.25) is 0 Å². The van der Waals surface area contributed by atoms with E-state index in [0.717, 1.165) is 51.3 Å². The third kappa shape index (κ3) is 7.94. The van der Waals surface area contributed by atoms with Crippen molar-refractivity contribution in [3.8, 4) is 0 Å². The molecule has 1 saturated carbocycles. The van der Waals surface area contributed by atoms with E-state index in [0.29, 0.717) is 32.1 Å². The van der Waals surface area contributed by atoms with E-state index in [-0.39, 0.29) is 12.0 Å². The number of hydrogen-bond donors (Lipinski definition) is 2. The molecule has 2 N–H and O–H groups in total. The normalized spacial score (nSPS) is 17.6. The Morgan fingerprint density at radius 2 is 2.07 bits per heavy atom. The van der Waals surface area contributed by atoms with Gasteiger partial charge in [-0.05, 0) is 53.4 Å². The number of nitrogens with one attached hydrogen (secondary N) is 2. The molecular formula is C20H37N5O3. The topological polar surface area (TPSA) is 86.3 Å². The summed E-state index contributed by atoms with van der Waals surface area (Å²) in [6, 6.07) is 0.300. The number of nitrogens with zero attached hydrogens (tertiary/aromatic N) is 3. The number of carbonyl (C=O) groups excluding carboxylic acids is 2. The van der Waals surface area contributed by atoms with Gasteiger partial charge in [0.1, 0.15) is 5.60 Å². The number of aliphatic imine (C=N–C) groups is 1. The molecule has 0 aromatic rings. The number of rotatable bonds is 9. The van der Waals surface area contributed by atoms with E-state index in [1.807, 2.05) is 37.5 Å². The second-order valence-corrected chi connectivity index (χ2v) is 8.43. The van der Waals surface area contributed by atoms with Crippen LogP contribution in [0.15, 0.2) is 4.99 Å². The molecule has 0 radical (unpaired) electrons. The van der Waals surface area contributed by atoms with E-state index in [1.165, 1.54) is 0 Å². The second-order valence-electron chi connectivity index (χ2n) is 8.43. The van der Waals surface area contributed by atoms with Crippen LogP contribution in [0.3, 0.4) is 0 Å². The molecule has 28 heavy (non-hydrogen) atoms. The quantitative estimate of drug-likeness (QED) is 0.354. The highest BCUT2D eigenvalue weighted by molar-refractivity contribution is 5.80. The van der Waals surface area contributed by atoms with Crippen LogP contribution in [0.1, 0.15) is 59.8 Å². The van der Waals surface area contributed by atoms with Crippen molar-refractivity contribution in [3.63, 3.8) is 0 Å². The van der Waals surface area contributed by atoms with Crippen molar-refractivity contribution in [2.75, 3.05) is 39.3 Å². The molecule has 2 fully saturated rings. The van der Waals surface area contributed by atoms with Crippen molar-refractivity contribution in [3.05, 3.63) is 0 Å². The third-order valence-corrected chi connectivity index (χ3v) is 4.63. The highest BCUT2D eigenvalue weighted by Gasteiger charge is 2.34. The first-order valence-corrected chi connectivity index (χ1v) is 10.6. The lowest BCUT2D eigenvalue weighted by molar-refractivity contribution is -0.127. The molecular weight excluding hydrogens is 358 g/mol. The molecule has 8 heteroatoms. The fraction of sp³-hybridized carbons (Fsp3) is 0.850. The minimum Gasteiger partial charge on any atom is -0.444 e. The number of guanidine groups is 1. The fourth-order valence-electron chi connectivity index (χ4n) is 3.16. The number of likely N-dealkylation sites (tertiary alicyclic amines) is 1. The second kappa shape index (κ2) is 10.5. The van der Waals surface area contributed by atoms with Crippen LogP contribution >= 0.6 is 0 Å². The Morgan fingerprint density at radius 3 is 2.64 bits per heavy atom. The molecule has 1 saturated heterocycles. The van der Waals surface area contributed by atoms with Crippen molar-refractivity contribution in [1.29, 1.82) is 0 Å². The Hall–Kier alpha value is -1.99. The summed E-state index contributed by atoms with van der Waals surface area (Å²) >= 11 is 0. The van der Waals surface area contributed by atoms with Gasteiger partial charge in [0.05, 0.1) is 0 Å². The minimum absolute atomic E-state index is 0.242. The summed E-state index contributed by atoms with van der Waals surface area (Å²) in [4.78, 5) is 32.4. The van der Waals surface area contributed by atoms with E-state index in [4.69, 9.17) is 4.74 Å². The Kier molecular flexibility index (Phi) is 8.38. The van der Waals surface area contributed by atoms with Gasteiger partial charge in [-0.2, -0.15) is 0 Å². The number of hydrogen-bond acceptors (Lipinski definition) is 4. The first-order chi connectivity index (χ1) is 13.3. The summed E-state index contributed by atoms with van der Waals surface area (Å²) in [6.45, 7) is 12.0. The van der Waals surface area contributed by atoms with Crippen molar-refractivity contribution in [1.82, 2.24) is 20.4 Å². The van der Waals surface area contributed by atoms with E-state index < -0.39 is 5.60 Å². The van der Waals surface area contributed by atoms with E-state index in [9.17, 15) is 9.59 Å². The minimum atomic E-state index is -0.481. The Bertz CT molecular complexity index is 555. The van der Waals surface area contributed by atoms with Gasteiger partial charge in [-0.15, -0.1) is 0 Å². The molecule has 2 amide bonds. The molecule has 8 nitrogen and oxygen atoms in total. The maximum atomic E-state index is 12.4. The molecule has 0 atom stereocenters. The van der Waals surface area contributed by atoms with Gasteiger partial charge in [0.25, 0.3) is 0 Å². The van der Waals surface area contributed by atoms with Crippen molar-refractivity contribution in [2.24, 2.45) is 4.99 Å². The van der Waals surface area contributed by atoms with Crippen LogP contribution in [0.25, 0.3) is 0 Å². The maximum absolute atomic E-state index is 12.4. The van der Waals surface area contributed by atoms with Gasteiger partial charge in [-0.25, -0.2) is 4.79 Å². The molecule has 1 aliphatic heterocycles. The number of carbonyl (C=O) groups is 2. The summed E-state index contributed by atoms with van der Waals surface area (Å²) in [5.41, 5.74) is -0.481. The van der Waals surface area contributed by atoms with Gasteiger partial charge in [-0.1, -0.05) is 0 Å². The average Bonchev–Trinajstić information content (AvgIpc) is 3.36. The van der Waals surface area contributed by atoms with Crippen LogP contribution in [-0.2, 0) is 9.53 Å². The van der Waals surface area contributed by atoms with Crippen LogP contribution < -0.4 is 10.6 Å². The van der Waals surface area contributed by atoms with Gasteiger partial charge < -0.3 is 25.2 Å². The van der Waals surface area contributed by atoms with Gasteiger partial charge in [0.2, 0.25) is 5.91 Å². The van der Waals surface area contributed by atoms with Crippen LogP contribution in [0.5, 0.6) is 0 Å². The summed E-state index contributed by atoms with van der Waals surface area (Å²) in [6.07, 6.45) is 4.36. The summed E-state index contributed by atoms with van der Waals surface area (Å²) in [5, 5.41) is 6.53. The molecule has 0 aromatic carbocycles. The highest BCUT2D eigenvalue weighted by atomic mass is 16.6. The lowest BCUT2D eigenvalue weighted by Gasteiger charge is -2.27. The predicted octanol–water partition coefficient (Wildman–Crippen LogP) is 1.95. The third-order valence-electron chi connectivity index (χ3n) is 4.63. The molecule has 2 aliphatic rings. The largest absolute Gasteiger partial charge is 0.444 e. The SMILES string of the molecule is CCNC(=NCCCN1CCCC1=O)NCCN(C(=O)OC(C)(C)C)C1CC1. The van der Waals surface area contributed by atoms with E-state index in [2.05, 4.69) is 15.6 Å². The zero-order valence-corrected chi connectivity index (χ0v) is 17.9. The van der Waals surface area contributed by atoms with E-state index >= 15 is 0 Å². The summed E-state index contributed by atoms with van der Waals surface area (Å²) < 4.78 is 5.52. The summed E-state index contributed by atoms with van der Waals surface area (Å²) in [7, 11) is 0. The van der Waals surface area contributed by atoms with Gasteiger partial charge in [0.15, 0.2) is 5.96 Å². The Balaban J connectivity index is 1.74. The zero-order chi connectivity index (χ0) is 20.6. The first-order valence-electron chi connectivity index (χ1n) is 10.6. The monoisotopic (exact) mass is 395 g/mol.